The predicted molar refractivity (Wildman–Crippen MR) is 39.5 cm³/mol. The lowest BCUT2D eigenvalue weighted by atomic mass is 10.3. The summed E-state index contributed by atoms with van der Waals surface area (Å²) in [7, 11) is 1.52. The van der Waals surface area contributed by atoms with Crippen molar-refractivity contribution in [2.45, 2.75) is 0 Å². The van der Waals surface area contributed by atoms with Crippen molar-refractivity contribution in [2.75, 3.05) is 7.11 Å². The van der Waals surface area contributed by atoms with Crippen LogP contribution in [-0.2, 0) is 0 Å². The van der Waals surface area contributed by atoms with Gasteiger partial charge in [0.2, 0.25) is 0 Å². The summed E-state index contributed by atoms with van der Waals surface area (Å²) >= 11 is 3.12. The maximum absolute atomic E-state index is 12.3. The standard InChI is InChI=1S/C7H5BrFO/c1-10-7-3-2-5(9)4-6(7)8/h3-4H,1H3. The van der Waals surface area contributed by atoms with Crippen molar-refractivity contribution in [2.24, 2.45) is 0 Å². The number of rotatable bonds is 1. The van der Waals surface area contributed by atoms with Crippen molar-refractivity contribution < 1.29 is 9.13 Å². The van der Waals surface area contributed by atoms with E-state index in [0.29, 0.717) is 10.2 Å². The minimum absolute atomic E-state index is 0.396. The van der Waals surface area contributed by atoms with Crippen LogP contribution in [0, 0.1) is 11.9 Å². The van der Waals surface area contributed by atoms with Gasteiger partial charge in [0.15, 0.2) is 0 Å². The Kier molecular flexibility index (Phi) is 2.27. The lowest BCUT2D eigenvalue weighted by molar-refractivity contribution is 0.410. The Labute approximate surface area is 66.9 Å². The molecule has 0 saturated heterocycles. The van der Waals surface area contributed by atoms with Gasteiger partial charge >= 0.3 is 0 Å². The van der Waals surface area contributed by atoms with Crippen LogP contribution >= 0.6 is 15.9 Å². The molecular formula is C7H5BrFO. The van der Waals surface area contributed by atoms with Crippen LogP contribution in [0.15, 0.2) is 16.6 Å². The zero-order valence-electron chi connectivity index (χ0n) is 5.32. The molecule has 1 aromatic carbocycles. The molecule has 0 aromatic heterocycles. The minimum atomic E-state index is -0.396. The van der Waals surface area contributed by atoms with Gasteiger partial charge in [-0.1, -0.05) is 0 Å². The van der Waals surface area contributed by atoms with Crippen LogP contribution in [0.1, 0.15) is 0 Å². The third-order valence-corrected chi connectivity index (χ3v) is 1.67. The fourth-order valence-electron chi connectivity index (χ4n) is 0.584. The molecule has 0 aliphatic carbocycles. The predicted octanol–water partition coefficient (Wildman–Crippen LogP) is 2.40. The molecule has 1 rings (SSSR count). The van der Waals surface area contributed by atoms with E-state index in [4.69, 9.17) is 4.74 Å². The van der Waals surface area contributed by atoms with Crippen molar-refractivity contribution in [3.05, 3.63) is 28.5 Å². The second-order valence-electron chi connectivity index (χ2n) is 1.70. The number of benzene rings is 1. The van der Waals surface area contributed by atoms with E-state index in [1.807, 2.05) is 0 Å². The van der Waals surface area contributed by atoms with Crippen LogP contribution < -0.4 is 4.74 Å². The summed E-state index contributed by atoms with van der Waals surface area (Å²) in [5.41, 5.74) is 0. The maximum atomic E-state index is 12.3. The Morgan fingerprint density at radius 1 is 1.70 bits per heavy atom. The van der Waals surface area contributed by atoms with Crippen molar-refractivity contribution in [3.63, 3.8) is 0 Å². The van der Waals surface area contributed by atoms with E-state index in [9.17, 15) is 4.39 Å². The van der Waals surface area contributed by atoms with Crippen LogP contribution in [-0.4, -0.2) is 7.11 Å². The Hall–Kier alpha value is -0.570. The summed E-state index contributed by atoms with van der Waals surface area (Å²) in [6, 6.07) is 5.12. The van der Waals surface area contributed by atoms with E-state index in [0.717, 1.165) is 0 Å². The number of hydrogen-bond acceptors (Lipinski definition) is 1. The highest BCUT2D eigenvalue weighted by molar-refractivity contribution is 9.10. The largest absolute Gasteiger partial charge is 0.496 e. The zero-order valence-corrected chi connectivity index (χ0v) is 6.90. The number of methoxy groups -OCH3 is 1. The van der Waals surface area contributed by atoms with E-state index in [1.165, 1.54) is 19.2 Å². The molecule has 0 amide bonds. The lowest BCUT2D eigenvalue weighted by Crippen LogP contribution is -1.84. The van der Waals surface area contributed by atoms with Gasteiger partial charge < -0.3 is 4.74 Å². The first-order valence-electron chi connectivity index (χ1n) is 2.65. The van der Waals surface area contributed by atoms with E-state index in [2.05, 4.69) is 22.0 Å². The van der Waals surface area contributed by atoms with Crippen molar-refractivity contribution in [1.82, 2.24) is 0 Å². The highest BCUT2D eigenvalue weighted by atomic mass is 79.9. The molecule has 0 aliphatic heterocycles. The quantitative estimate of drug-likeness (QED) is 0.682. The number of hydrogen-bond donors (Lipinski definition) is 0. The average Bonchev–Trinajstić information content (AvgIpc) is 1.88. The maximum Gasteiger partial charge on any atom is 0.133 e. The van der Waals surface area contributed by atoms with E-state index in [1.54, 1.807) is 0 Å². The summed E-state index contributed by atoms with van der Waals surface area (Å²) in [5.74, 6) is 0.189. The molecule has 0 aliphatic rings. The molecule has 3 heteroatoms. The molecule has 0 heterocycles. The van der Waals surface area contributed by atoms with E-state index in [-0.39, 0.29) is 0 Å². The second kappa shape index (κ2) is 3.01. The fraction of sp³-hybridized carbons (Fsp3) is 0.143. The Bertz CT molecular complexity index is 237. The Morgan fingerprint density at radius 2 is 2.40 bits per heavy atom. The molecule has 0 unspecified atom stereocenters. The van der Waals surface area contributed by atoms with Crippen molar-refractivity contribution >= 4 is 15.9 Å². The van der Waals surface area contributed by atoms with Gasteiger partial charge in [0.05, 0.1) is 11.6 Å². The molecule has 0 spiro atoms. The summed E-state index contributed by atoms with van der Waals surface area (Å²) in [5, 5.41) is 0. The Morgan fingerprint density at radius 3 is 2.90 bits per heavy atom. The van der Waals surface area contributed by atoms with Gasteiger partial charge in [-0.15, -0.1) is 0 Å². The third kappa shape index (κ3) is 1.48. The smallest absolute Gasteiger partial charge is 0.133 e. The molecule has 0 bridgehead atoms. The van der Waals surface area contributed by atoms with Gasteiger partial charge in [-0.05, 0) is 28.1 Å². The summed E-state index contributed by atoms with van der Waals surface area (Å²) in [6.07, 6.45) is 0. The molecule has 0 fully saturated rings. The molecule has 0 N–H and O–H groups in total. The van der Waals surface area contributed by atoms with Crippen LogP contribution in [0.4, 0.5) is 4.39 Å². The summed E-state index contributed by atoms with van der Waals surface area (Å²) in [4.78, 5) is 0. The SMILES string of the molecule is COc1c[c]c(F)cc1Br. The normalized spacial score (nSPS) is 9.50. The summed E-state index contributed by atoms with van der Waals surface area (Å²) < 4.78 is 17.8. The van der Waals surface area contributed by atoms with Crippen molar-refractivity contribution in [1.29, 1.82) is 0 Å². The monoisotopic (exact) mass is 203 g/mol. The molecule has 1 nitrogen and oxygen atoms in total. The van der Waals surface area contributed by atoms with Crippen LogP contribution in [0.3, 0.4) is 0 Å². The van der Waals surface area contributed by atoms with Gasteiger partial charge in [-0.2, -0.15) is 0 Å². The third-order valence-electron chi connectivity index (χ3n) is 1.05. The van der Waals surface area contributed by atoms with Crippen LogP contribution in [0.5, 0.6) is 5.75 Å². The number of halogens is 2. The molecule has 1 radical (unpaired) electrons. The van der Waals surface area contributed by atoms with Gasteiger partial charge in [0, 0.05) is 6.07 Å². The fourth-order valence-corrected chi connectivity index (χ4v) is 1.06. The lowest BCUT2D eigenvalue weighted by Gasteiger charge is -2.00. The molecule has 0 atom stereocenters. The topological polar surface area (TPSA) is 9.23 Å². The molecular weight excluding hydrogens is 199 g/mol. The van der Waals surface area contributed by atoms with E-state index < -0.39 is 5.82 Å². The van der Waals surface area contributed by atoms with E-state index >= 15 is 0 Å². The van der Waals surface area contributed by atoms with Crippen LogP contribution in [0.25, 0.3) is 0 Å². The molecule has 10 heavy (non-hydrogen) atoms. The molecule has 53 valence electrons. The second-order valence-corrected chi connectivity index (χ2v) is 2.55. The van der Waals surface area contributed by atoms with Gasteiger partial charge in [-0.3, -0.25) is 0 Å². The first kappa shape index (κ1) is 7.54. The van der Waals surface area contributed by atoms with Gasteiger partial charge in [0.1, 0.15) is 11.6 Å². The highest BCUT2D eigenvalue weighted by Crippen LogP contribution is 2.24. The zero-order chi connectivity index (χ0) is 7.56. The Balaban J connectivity index is 3.07. The number of ether oxygens (including phenoxy) is 1. The minimum Gasteiger partial charge on any atom is -0.496 e. The molecule has 0 saturated carbocycles. The van der Waals surface area contributed by atoms with Crippen LogP contribution in [0.2, 0.25) is 0 Å². The highest BCUT2D eigenvalue weighted by Gasteiger charge is 1.99. The van der Waals surface area contributed by atoms with Crippen molar-refractivity contribution in [3.8, 4) is 5.75 Å². The molecule has 1 aromatic rings. The average molecular weight is 204 g/mol. The first-order chi connectivity index (χ1) is 4.74. The van der Waals surface area contributed by atoms with Gasteiger partial charge in [0.25, 0.3) is 0 Å². The first-order valence-corrected chi connectivity index (χ1v) is 3.44. The summed E-state index contributed by atoms with van der Waals surface area (Å²) in [6.45, 7) is 0. The van der Waals surface area contributed by atoms with Gasteiger partial charge in [-0.25, -0.2) is 4.39 Å².